The van der Waals surface area contributed by atoms with Crippen molar-refractivity contribution in [3.8, 4) is 17.2 Å². The fourth-order valence-corrected chi connectivity index (χ4v) is 5.10. The van der Waals surface area contributed by atoms with Crippen LogP contribution in [0.25, 0.3) is 0 Å². The predicted molar refractivity (Wildman–Crippen MR) is 122 cm³/mol. The Hall–Kier alpha value is -3.32. The SMILES string of the molecule is COc1cc(C=NN2C(=O)C3C4C=CC(C4)C3C2=O)cc(OC)c1OCc1ccc(Cl)cc1. The Morgan fingerprint density at radius 3 is 2.12 bits per heavy atom. The molecule has 2 fully saturated rings. The van der Waals surface area contributed by atoms with Crippen LogP contribution in [0.3, 0.4) is 0 Å². The lowest BCUT2D eigenvalue weighted by Crippen LogP contribution is -2.28. The van der Waals surface area contributed by atoms with Crippen LogP contribution in [0.15, 0.2) is 53.7 Å². The van der Waals surface area contributed by atoms with E-state index in [9.17, 15) is 9.59 Å². The van der Waals surface area contributed by atoms with Crippen LogP contribution in [-0.4, -0.2) is 37.3 Å². The molecule has 0 spiro atoms. The normalized spacial score (nSPS) is 25.2. The first-order valence-electron chi connectivity index (χ1n) is 10.7. The lowest BCUT2D eigenvalue weighted by atomic mass is 9.85. The van der Waals surface area contributed by atoms with Gasteiger partial charge in [0.1, 0.15) is 6.61 Å². The Morgan fingerprint density at radius 1 is 1.00 bits per heavy atom. The number of hydrogen-bond donors (Lipinski definition) is 0. The molecule has 2 aliphatic carbocycles. The zero-order valence-electron chi connectivity index (χ0n) is 18.2. The molecule has 170 valence electrons. The molecule has 8 heteroatoms. The number of halogens is 1. The Morgan fingerprint density at radius 2 is 1.58 bits per heavy atom. The fraction of sp³-hybridized carbons (Fsp3) is 0.320. The Labute approximate surface area is 196 Å². The van der Waals surface area contributed by atoms with Gasteiger partial charge >= 0.3 is 0 Å². The number of rotatable bonds is 7. The van der Waals surface area contributed by atoms with Crippen LogP contribution in [0.4, 0.5) is 0 Å². The van der Waals surface area contributed by atoms with Crippen molar-refractivity contribution in [1.82, 2.24) is 5.01 Å². The van der Waals surface area contributed by atoms with Crippen molar-refractivity contribution < 1.29 is 23.8 Å². The van der Waals surface area contributed by atoms with E-state index >= 15 is 0 Å². The predicted octanol–water partition coefficient (Wildman–Crippen LogP) is 4.08. The van der Waals surface area contributed by atoms with Crippen molar-refractivity contribution in [2.24, 2.45) is 28.8 Å². The standard InChI is InChI=1S/C25H23ClN2O5/c1-31-19-9-15(10-20(32-2)23(19)33-13-14-3-7-18(26)8-4-14)12-27-28-24(29)21-16-5-6-17(11-16)22(21)25(28)30/h3-10,12,16-17,21-22H,11,13H2,1-2H3. The minimum atomic E-state index is -0.280. The van der Waals surface area contributed by atoms with Crippen LogP contribution in [0.5, 0.6) is 17.2 Å². The van der Waals surface area contributed by atoms with E-state index in [0.29, 0.717) is 34.4 Å². The van der Waals surface area contributed by atoms with Gasteiger partial charge in [-0.1, -0.05) is 35.9 Å². The van der Waals surface area contributed by atoms with Crippen molar-refractivity contribution in [2.45, 2.75) is 13.0 Å². The molecule has 33 heavy (non-hydrogen) atoms. The summed E-state index contributed by atoms with van der Waals surface area (Å²) in [5.41, 5.74) is 1.55. The molecule has 4 unspecified atom stereocenters. The summed E-state index contributed by atoms with van der Waals surface area (Å²) in [6, 6.07) is 10.8. The van der Waals surface area contributed by atoms with Gasteiger partial charge in [-0.05, 0) is 48.1 Å². The van der Waals surface area contributed by atoms with Gasteiger partial charge in [0.05, 0.1) is 32.3 Å². The van der Waals surface area contributed by atoms with E-state index < -0.39 is 0 Å². The molecule has 2 bridgehead atoms. The number of nitrogens with zero attached hydrogens (tertiary/aromatic N) is 2. The van der Waals surface area contributed by atoms with Gasteiger partial charge in [-0.25, -0.2) is 0 Å². The van der Waals surface area contributed by atoms with Crippen LogP contribution >= 0.6 is 11.6 Å². The summed E-state index contributed by atoms with van der Waals surface area (Å²) >= 11 is 5.94. The molecule has 0 radical (unpaired) electrons. The first-order chi connectivity index (χ1) is 16.0. The zero-order valence-corrected chi connectivity index (χ0v) is 19.0. The summed E-state index contributed by atoms with van der Waals surface area (Å²) in [7, 11) is 3.06. The number of allylic oxidation sites excluding steroid dienone is 2. The highest BCUT2D eigenvalue weighted by molar-refractivity contribution is 6.30. The van der Waals surface area contributed by atoms with Crippen molar-refractivity contribution >= 4 is 29.6 Å². The number of ether oxygens (including phenoxy) is 3. The molecule has 1 saturated heterocycles. The average Bonchev–Trinajstić information content (AvgIpc) is 3.51. The number of methoxy groups -OCH3 is 2. The molecule has 4 atom stereocenters. The summed E-state index contributed by atoms with van der Waals surface area (Å²) in [4.78, 5) is 25.7. The van der Waals surface area contributed by atoms with Gasteiger partial charge in [0, 0.05) is 10.6 Å². The van der Waals surface area contributed by atoms with Crippen molar-refractivity contribution in [3.63, 3.8) is 0 Å². The first-order valence-corrected chi connectivity index (χ1v) is 11.1. The van der Waals surface area contributed by atoms with Crippen molar-refractivity contribution in [3.05, 3.63) is 64.7 Å². The van der Waals surface area contributed by atoms with Gasteiger partial charge < -0.3 is 14.2 Å². The highest BCUT2D eigenvalue weighted by Crippen LogP contribution is 2.52. The number of fused-ring (bicyclic) bond motifs is 5. The summed E-state index contributed by atoms with van der Waals surface area (Å²) in [5, 5.41) is 5.91. The van der Waals surface area contributed by atoms with Crippen LogP contribution in [0.1, 0.15) is 17.5 Å². The van der Waals surface area contributed by atoms with E-state index in [4.69, 9.17) is 25.8 Å². The largest absolute Gasteiger partial charge is 0.493 e. The second-order valence-corrected chi connectivity index (χ2v) is 8.84. The van der Waals surface area contributed by atoms with E-state index in [2.05, 4.69) is 17.3 Å². The second kappa shape index (κ2) is 8.56. The van der Waals surface area contributed by atoms with Crippen LogP contribution in [0.2, 0.25) is 5.02 Å². The number of benzene rings is 2. The first kappa shape index (κ1) is 21.5. The topological polar surface area (TPSA) is 77.4 Å². The molecule has 2 aromatic carbocycles. The van der Waals surface area contributed by atoms with Crippen LogP contribution in [-0.2, 0) is 16.2 Å². The lowest BCUT2D eigenvalue weighted by Gasteiger charge is -2.16. The average molecular weight is 467 g/mol. The Bertz CT molecular complexity index is 1100. The molecular formula is C25H23ClN2O5. The smallest absolute Gasteiger partial charge is 0.254 e. The third-order valence-electron chi connectivity index (χ3n) is 6.55. The Balaban J connectivity index is 1.36. The summed E-state index contributed by atoms with van der Waals surface area (Å²) in [6.07, 6.45) is 6.47. The summed E-state index contributed by atoms with van der Waals surface area (Å²) < 4.78 is 17.0. The molecule has 1 aliphatic heterocycles. The third kappa shape index (κ3) is 3.76. The molecule has 2 aromatic rings. The monoisotopic (exact) mass is 466 g/mol. The number of amides is 2. The van der Waals surface area contributed by atoms with Crippen LogP contribution < -0.4 is 14.2 Å². The highest BCUT2D eigenvalue weighted by Gasteiger charge is 2.59. The molecule has 3 aliphatic rings. The number of carbonyl (C=O) groups excluding carboxylic acids is 2. The maximum atomic E-state index is 12.8. The lowest BCUT2D eigenvalue weighted by molar-refractivity contribution is -0.140. The van der Waals surface area contributed by atoms with E-state index in [-0.39, 0.29) is 35.5 Å². The van der Waals surface area contributed by atoms with E-state index in [0.717, 1.165) is 17.0 Å². The maximum Gasteiger partial charge on any atom is 0.254 e. The fourth-order valence-electron chi connectivity index (χ4n) is 4.98. The number of hydrogen-bond acceptors (Lipinski definition) is 6. The van der Waals surface area contributed by atoms with Crippen LogP contribution in [0, 0.1) is 23.7 Å². The minimum absolute atomic E-state index is 0.147. The van der Waals surface area contributed by atoms with Gasteiger partial charge in [-0.15, -0.1) is 0 Å². The molecule has 2 amide bonds. The molecule has 0 aromatic heterocycles. The van der Waals surface area contributed by atoms with Gasteiger partial charge in [-0.2, -0.15) is 10.1 Å². The quantitative estimate of drug-likeness (QED) is 0.349. The molecule has 0 N–H and O–H groups in total. The van der Waals surface area contributed by atoms with Gasteiger partial charge in [0.25, 0.3) is 11.8 Å². The molecular weight excluding hydrogens is 444 g/mol. The molecule has 1 heterocycles. The van der Waals surface area contributed by atoms with Gasteiger partial charge in [0.2, 0.25) is 5.75 Å². The number of imide groups is 1. The molecule has 5 rings (SSSR count). The van der Waals surface area contributed by atoms with Gasteiger partial charge in [0.15, 0.2) is 11.5 Å². The second-order valence-electron chi connectivity index (χ2n) is 8.40. The van der Waals surface area contributed by atoms with E-state index in [1.807, 2.05) is 12.1 Å². The molecule has 7 nitrogen and oxygen atoms in total. The van der Waals surface area contributed by atoms with Gasteiger partial charge in [-0.3, -0.25) is 9.59 Å². The zero-order chi connectivity index (χ0) is 23.1. The van der Waals surface area contributed by atoms with Crippen molar-refractivity contribution in [1.29, 1.82) is 0 Å². The molecule has 1 saturated carbocycles. The maximum absolute atomic E-state index is 12.8. The summed E-state index contributed by atoms with van der Waals surface area (Å²) in [6.45, 7) is 0.299. The number of carbonyl (C=O) groups is 2. The Kier molecular flexibility index (Phi) is 5.58. The third-order valence-corrected chi connectivity index (χ3v) is 6.80. The van der Waals surface area contributed by atoms with E-state index in [1.165, 1.54) is 20.4 Å². The minimum Gasteiger partial charge on any atom is -0.493 e. The summed E-state index contributed by atoms with van der Waals surface area (Å²) in [5.74, 6) is 0.626. The van der Waals surface area contributed by atoms with E-state index in [1.54, 1.807) is 24.3 Å². The number of hydrazone groups is 1. The highest BCUT2D eigenvalue weighted by atomic mass is 35.5. The van der Waals surface area contributed by atoms with Crippen molar-refractivity contribution in [2.75, 3.05) is 14.2 Å².